The van der Waals surface area contributed by atoms with Gasteiger partial charge in [0.15, 0.2) is 0 Å². The van der Waals surface area contributed by atoms with E-state index in [9.17, 15) is 0 Å². The second-order valence-electron chi connectivity index (χ2n) is 4.82. The van der Waals surface area contributed by atoms with Gasteiger partial charge in [-0.25, -0.2) is 0 Å². The van der Waals surface area contributed by atoms with Crippen molar-refractivity contribution in [3.8, 4) is 0 Å². The van der Waals surface area contributed by atoms with Crippen molar-refractivity contribution in [3.05, 3.63) is 34.3 Å². The van der Waals surface area contributed by atoms with Crippen molar-refractivity contribution in [2.45, 2.75) is 37.8 Å². The van der Waals surface area contributed by atoms with Crippen LogP contribution in [0.15, 0.2) is 32.9 Å². The fourth-order valence-corrected chi connectivity index (χ4v) is 3.34. The lowest BCUT2D eigenvalue weighted by atomic mass is 9.91. The van der Waals surface area contributed by atoms with E-state index in [0.717, 1.165) is 24.2 Å². The number of aliphatic imine (C=N–C) groups is 2. The van der Waals surface area contributed by atoms with E-state index in [2.05, 4.69) is 8.75 Å². The van der Waals surface area contributed by atoms with Crippen molar-refractivity contribution < 1.29 is 0 Å². The first kappa shape index (κ1) is 13.6. The van der Waals surface area contributed by atoms with Gasteiger partial charge >= 0.3 is 0 Å². The van der Waals surface area contributed by atoms with E-state index in [1.165, 1.54) is 35.9 Å². The van der Waals surface area contributed by atoms with Gasteiger partial charge in [0.25, 0.3) is 0 Å². The summed E-state index contributed by atoms with van der Waals surface area (Å²) in [6, 6.07) is 4.54. The third kappa shape index (κ3) is 3.58. The second-order valence-corrected chi connectivity index (χ2v) is 6.16. The van der Waals surface area contributed by atoms with Crippen molar-refractivity contribution in [1.29, 1.82) is 0 Å². The molecule has 0 N–H and O–H groups in total. The highest BCUT2D eigenvalue weighted by atomic mass is 32.1. The van der Waals surface area contributed by atoms with Gasteiger partial charge in [0.2, 0.25) is 0 Å². The van der Waals surface area contributed by atoms with Crippen LogP contribution >= 0.6 is 23.1 Å². The van der Waals surface area contributed by atoms with Crippen molar-refractivity contribution >= 4 is 35.5 Å². The Balaban J connectivity index is 1.67. The third-order valence-electron chi connectivity index (χ3n) is 3.41. The summed E-state index contributed by atoms with van der Waals surface area (Å²) in [5, 5.41) is 3.94. The maximum absolute atomic E-state index is 4.69. The topological polar surface area (TPSA) is 50.5 Å². The van der Waals surface area contributed by atoms with E-state index >= 15 is 0 Å². The van der Waals surface area contributed by atoms with E-state index in [0.29, 0.717) is 0 Å². The standard InChI is InChI=1S/C14H16N4S2/c1-2-4-14(16-10-12-6-8-20-18-12)13(3-1)15-9-11-5-7-19-17-11/h5-10,13-14H,1-4H2. The Bertz CT molecular complexity index is 508. The smallest absolute Gasteiger partial charge is 0.0946 e. The fraction of sp³-hybridized carbons (Fsp3) is 0.429. The largest absolute Gasteiger partial charge is 0.285 e. The highest BCUT2D eigenvalue weighted by Gasteiger charge is 2.23. The van der Waals surface area contributed by atoms with E-state index in [1.807, 2.05) is 35.3 Å². The van der Waals surface area contributed by atoms with Crippen LogP contribution in [0.4, 0.5) is 0 Å². The number of rotatable bonds is 4. The van der Waals surface area contributed by atoms with Crippen molar-refractivity contribution in [2.24, 2.45) is 9.98 Å². The summed E-state index contributed by atoms with van der Waals surface area (Å²) < 4.78 is 8.52. The van der Waals surface area contributed by atoms with Gasteiger partial charge in [0.1, 0.15) is 0 Å². The molecule has 3 rings (SSSR count). The molecule has 104 valence electrons. The van der Waals surface area contributed by atoms with Crippen LogP contribution < -0.4 is 0 Å². The molecule has 0 spiro atoms. The van der Waals surface area contributed by atoms with Crippen LogP contribution in [-0.2, 0) is 0 Å². The molecule has 0 saturated heterocycles. The molecular weight excluding hydrogens is 288 g/mol. The first-order chi connectivity index (χ1) is 9.92. The van der Waals surface area contributed by atoms with Crippen LogP contribution in [0.25, 0.3) is 0 Å². The lowest BCUT2D eigenvalue weighted by molar-refractivity contribution is 0.390. The van der Waals surface area contributed by atoms with E-state index in [4.69, 9.17) is 9.98 Å². The summed E-state index contributed by atoms with van der Waals surface area (Å²) in [4.78, 5) is 9.39. The van der Waals surface area contributed by atoms with Gasteiger partial charge in [-0.2, -0.15) is 8.75 Å². The Labute approximate surface area is 126 Å². The van der Waals surface area contributed by atoms with Crippen molar-refractivity contribution in [1.82, 2.24) is 8.75 Å². The molecule has 0 aliphatic heterocycles. The van der Waals surface area contributed by atoms with E-state index in [-0.39, 0.29) is 12.1 Å². The zero-order chi connectivity index (χ0) is 13.6. The zero-order valence-corrected chi connectivity index (χ0v) is 12.7. The molecule has 0 bridgehead atoms. The van der Waals surface area contributed by atoms with E-state index in [1.54, 1.807) is 0 Å². The molecule has 1 fully saturated rings. The molecule has 2 atom stereocenters. The summed E-state index contributed by atoms with van der Waals surface area (Å²) in [6.45, 7) is 0. The highest BCUT2D eigenvalue weighted by Crippen LogP contribution is 2.24. The lowest BCUT2D eigenvalue weighted by Gasteiger charge is -2.25. The molecule has 4 nitrogen and oxygen atoms in total. The first-order valence-corrected chi connectivity index (χ1v) is 8.46. The summed E-state index contributed by atoms with van der Waals surface area (Å²) in [6.07, 6.45) is 8.47. The maximum Gasteiger partial charge on any atom is 0.0946 e. The van der Waals surface area contributed by atoms with Crippen LogP contribution in [0, 0.1) is 0 Å². The molecule has 1 aliphatic carbocycles. The molecule has 2 aromatic rings. The number of hydrogen-bond acceptors (Lipinski definition) is 6. The van der Waals surface area contributed by atoms with Gasteiger partial charge in [0, 0.05) is 23.2 Å². The van der Waals surface area contributed by atoms with Crippen LogP contribution in [-0.4, -0.2) is 33.3 Å². The Morgan fingerprint density at radius 3 is 1.80 bits per heavy atom. The lowest BCUT2D eigenvalue weighted by Crippen LogP contribution is -2.27. The predicted molar refractivity (Wildman–Crippen MR) is 85.5 cm³/mol. The molecule has 2 aromatic heterocycles. The highest BCUT2D eigenvalue weighted by molar-refractivity contribution is 7.03. The SMILES string of the molecule is C(=NC1CCCCC1N=Cc1ccsn1)c1ccsn1. The summed E-state index contributed by atoms with van der Waals surface area (Å²) >= 11 is 2.92. The van der Waals surface area contributed by atoms with Crippen LogP contribution in [0.2, 0.25) is 0 Å². The molecule has 6 heteroatoms. The Kier molecular flexibility index (Phi) is 4.65. The molecule has 1 saturated carbocycles. The average molecular weight is 304 g/mol. The quantitative estimate of drug-likeness (QED) is 0.812. The van der Waals surface area contributed by atoms with Gasteiger partial charge in [-0.15, -0.1) is 0 Å². The van der Waals surface area contributed by atoms with Gasteiger partial charge in [-0.05, 0) is 48.0 Å². The van der Waals surface area contributed by atoms with Gasteiger partial charge < -0.3 is 0 Å². The third-order valence-corrected chi connectivity index (χ3v) is 4.55. The minimum absolute atomic E-state index is 0.278. The summed E-state index contributed by atoms with van der Waals surface area (Å²) in [5.41, 5.74) is 1.89. The van der Waals surface area contributed by atoms with Crippen molar-refractivity contribution in [3.63, 3.8) is 0 Å². The van der Waals surface area contributed by atoms with Crippen LogP contribution in [0.1, 0.15) is 37.1 Å². The molecule has 2 unspecified atom stereocenters. The minimum Gasteiger partial charge on any atom is -0.285 e. The predicted octanol–water partition coefficient (Wildman–Crippen LogP) is 3.45. The summed E-state index contributed by atoms with van der Waals surface area (Å²) in [7, 11) is 0. The number of nitrogens with zero attached hydrogens (tertiary/aromatic N) is 4. The molecule has 20 heavy (non-hydrogen) atoms. The maximum atomic E-state index is 4.69. The number of aromatic nitrogens is 2. The molecule has 0 aromatic carbocycles. The normalized spacial score (nSPS) is 23.8. The Morgan fingerprint density at radius 2 is 1.40 bits per heavy atom. The Morgan fingerprint density at radius 1 is 0.900 bits per heavy atom. The molecule has 0 amide bonds. The first-order valence-electron chi connectivity index (χ1n) is 6.79. The Hall–Kier alpha value is -1.40. The van der Waals surface area contributed by atoms with E-state index < -0.39 is 0 Å². The molecule has 0 radical (unpaired) electrons. The van der Waals surface area contributed by atoms with Crippen molar-refractivity contribution in [2.75, 3.05) is 0 Å². The van der Waals surface area contributed by atoms with Gasteiger partial charge in [-0.1, -0.05) is 12.8 Å². The fourth-order valence-electron chi connectivity index (χ4n) is 2.36. The van der Waals surface area contributed by atoms with Crippen LogP contribution in [0.5, 0.6) is 0 Å². The average Bonchev–Trinajstić information content (AvgIpc) is 3.17. The monoisotopic (exact) mass is 304 g/mol. The van der Waals surface area contributed by atoms with Gasteiger partial charge in [-0.3, -0.25) is 9.98 Å². The van der Waals surface area contributed by atoms with Crippen LogP contribution in [0.3, 0.4) is 0 Å². The zero-order valence-electron chi connectivity index (χ0n) is 11.1. The minimum atomic E-state index is 0.278. The number of hydrogen-bond donors (Lipinski definition) is 0. The van der Waals surface area contributed by atoms with Gasteiger partial charge in [0.05, 0.1) is 23.5 Å². The molecular formula is C14H16N4S2. The summed E-state index contributed by atoms with van der Waals surface area (Å²) in [5.74, 6) is 0. The second kappa shape index (κ2) is 6.85. The molecule has 1 aliphatic rings. The molecule has 2 heterocycles.